The number of aromatic nitrogens is 4. The molecule has 0 amide bonds. The zero-order chi connectivity index (χ0) is 19.5. The van der Waals surface area contributed by atoms with Gasteiger partial charge in [0.05, 0.1) is 10.7 Å². The predicted octanol–water partition coefficient (Wildman–Crippen LogP) is 3.73. The SMILES string of the molecule is CCc1nc2c(c(=O)n(C)c(=O)n2-c2ccc(Cl)cc2Cl)n1C(C)C1CC1. The van der Waals surface area contributed by atoms with Gasteiger partial charge in [-0.15, -0.1) is 0 Å². The van der Waals surface area contributed by atoms with Gasteiger partial charge in [0.2, 0.25) is 0 Å². The zero-order valence-corrected chi connectivity index (χ0v) is 16.9. The minimum absolute atomic E-state index is 0.157. The highest BCUT2D eigenvalue weighted by Crippen LogP contribution is 2.41. The summed E-state index contributed by atoms with van der Waals surface area (Å²) in [5, 5.41) is 0.799. The number of rotatable bonds is 4. The molecule has 0 aliphatic heterocycles. The van der Waals surface area contributed by atoms with Crippen molar-refractivity contribution >= 4 is 34.4 Å². The van der Waals surface area contributed by atoms with E-state index in [1.165, 1.54) is 11.6 Å². The summed E-state index contributed by atoms with van der Waals surface area (Å²) >= 11 is 12.4. The van der Waals surface area contributed by atoms with Gasteiger partial charge in [-0.05, 0) is 43.9 Å². The fourth-order valence-electron chi connectivity index (χ4n) is 3.66. The summed E-state index contributed by atoms with van der Waals surface area (Å²) < 4.78 is 4.53. The van der Waals surface area contributed by atoms with E-state index < -0.39 is 5.69 Å². The van der Waals surface area contributed by atoms with E-state index in [9.17, 15) is 9.59 Å². The van der Waals surface area contributed by atoms with Gasteiger partial charge in [-0.3, -0.25) is 9.36 Å². The van der Waals surface area contributed by atoms with Crippen LogP contribution in [0.3, 0.4) is 0 Å². The van der Waals surface area contributed by atoms with E-state index in [1.54, 1.807) is 18.2 Å². The molecule has 142 valence electrons. The number of aryl methyl sites for hydroxylation is 1. The molecule has 1 aliphatic carbocycles. The predicted molar refractivity (Wildman–Crippen MR) is 107 cm³/mol. The minimum Gasteiger partial charge on any atom is -0.319 e. The van der Waals surface area contributed by atoms with Crippen LogP contribution in [0.25, 0.3) is 16.9 Å². The highest BCUT2D eigenvalue weighted by Gasteiger charge is 2.33. The van der Waals surface area contributed by atoms with Crippen molar-refractivity contribution in [2.45, 2.75) is 39.2 Å². The van der Waals surface area contributed by atoms with Gasteiger partial charge in [-0.2, -0.15) is 0 Å². The Bertz CT molecular complexity index is 1170. The molecule has 0 saturated heterocycles. The lowest BCUT2D eigenvalue weighted by Crippen LogP contribution is -2.38. The number of benzene rings is 1. The summed E-state index contributed by atoms with van der Waals surface area (Å²) in [6, 6.07) is 5.07. The van der Waals surface area contributed by atoms with Crippen LogP contribution in [0.4, 0.5) is 0 Å². The van der Waals surface area contributed by atoms with Crippen LogP contribution in [0.2, 0.25) is 10.0 Å². The summed E-state index contributed by atoms with van der Waals surface area (Å²) in [4.78, 5) is 30.6. The summed E-state index contributed by atoms with van der Waals surface area (Å²) in [6.07, 6.45) is 2.96. The maximum atomic E-state index is 13.0. The molecular weight excluding hydrogens is 387 g/mol. The Labute approximate surface area is 166 Å². The molecule has 0 spiro atoms. The third-order valence-corrected chi connectivity index (χ3v) is 5.88. The molecule has 8 heteroatoms. The van der Waals surface area contributed by atoms with Crippen molar-refractivity contribution in [1.29, 1.82) is 0 Å². The van der Waals surface area contributed by atoms with E-state index in [1.807, 2.05) is 11.5 Å². The highest BCUT2D eigenvalue weighted by atomic mass is 35.5. The molecule has 2 heterocycles. The largest absolute Gasteiger partial charge is 0.337 e. The van der Waals surface area contributed by atoms with Gasteiger partial charge in [0.15, 0.2) is 11.2 Å². The van der Waals surface area contributed by atoms with Gasteiger partial charge in [0.1, 0.15) is 5.82 Å². The van der Waals surface area contributed by atoms with E-state index in [4.69, 9.17) is 23.2 Å². The summed E-state index contributed by atoms with van der Waals surface area (Å²) in [7, 11) is 1.48. The molecule has 0 N–H and O–H groups in total. The van der Waals surface area contributed by atoms with Crippen molar-refractivity contribution in [3.05, 3.63) is 54.9 Å². The monoisotopic (exact) mass is 406 g/mol. The summed E-state index contributed by atoms with van der Waals surface area (Å²) in [5.41, 5.74) is 0.424. The van der Waals surface area contributed by atoms with Crippen molar-refractivity contribution in [2.24, 2.45) is 13.0 Å². The second-order valence-corrected chi connectivity index (χ2v) is 7.92. The number of hydrogen-bond acceptors (Lipinski definition) is 3. The molecule has 3 aromatic rings. The third-order valence-electron chi connectivity index (χ3n) is 5.34. The van der Waals surface area contributed by atoms with Gasteiger partial charge in [0, 0.05) is 24.5 Å². The highest BCUT2D eigenvalue weighted by molar-refractivity contribution is 6.35. The first-order valence-electron chi connectivity index (χ1n) is 9.03. The van der Waals surface area contributed by atoms with E-state index in [0.717, 1.165) is 23.2 Å². The number of hydrogen-bond donors (Lipinski definition) is 0. The summed E-state index contributed by atoms with van der Waals surface area (Å²) in [5.74, 6) is 1.34. The van der Waals surface area contributed by atoms with Gasteiger partial charge in [0.25, 0.3) is 5.56 Å². The van der Waals surface area contributed by atoms with Gasteiger partial charge in [-0.1, -0.05) is 30.1 Å². The first-order chi connectivity index (χ1) is 12.8. The number of nitrogens with zero attached hydrogens (tertiary/aromatic N) is 4. The molecule has 1 aliphatic rings. The van der Waals surface area contributed by atoms with Gasteiger partial charge >= 0.3 is 5.69 Å². The van der Waals surface area contributed by atoms with Crippen LogP contribution in [0.5, 0.6) is 0 Å². The van der Waals surface area contributed by atoms with Gasteiger partial charge in [-0.25, -0.2) is 14.3 Å². The quantitative estimate of drug-likeness (QED) is 0.662. The first kappa shape index (κ1) is 18.3. The molecule has 0 bridgehead atoms. The maximum absolute atomic E-state index is 13.0. The molecule has 1 atom stereocenters. The Morgan fingerprint density at radius 1 is 1.26 bits per heavy atom. The Morgan fingerprint density at radius 3 is 2.56 bits per heavy atom. The molecule has 1 aromatic carbocycles. The van der Waals surface area contributed by atoms with Crippen LogP contribution < -0.4 is 11.2 Å². The topological polar surface area (TPSA) is 61.8 Å². The van der Waals surface area contributed by atoms with Crippen molar-refractivity contribution in [1.82, 2.24) is 18.7 Å². The molecule has 1 unspecified atom stereocenters. The number of halogens is 2. The normalized spacial score (nSPS) is 15.4. The van der Waals surface area contributed by atoms with Crippen molar-refractivity contribution in [2.75, 3.05) is 0 Å². The Balaban J connectivity index is 2.14. The lowest BCUT2D eigenvalue weighted by atomic mass is 10.2. The van der Waals surface area contributed by atoms with Crippen LogP contribution >= 0.6 is 23.2 Å². The molecule has 1 fully saturated rings. The fraction of sp³-hybridized carbons (Fsp3) is 0.421. The van der Waals surface area contributed by atoms with Crippen molar-refractivity contribution < 1.29 is 0 Å². The lowest BCUT2D eigenvalue weighted by Gasteiger charge is -2.17. The Hall–Kier alpha value is -2.05. The molecule has 6 nitrogen and oxygen atoms in total. The third kappa shape index (κ3) is 2.82. The number of fused-ring (bicyclic) bond motifs is 1. The first-order valence-corrected chi connectivity index (χ1v) is 9.79. The molecular formula is C19H20Cl2N4O2. The standard InChI is InChI=1S/C19H20Cl2N4O2/c1-4-15-22-17-16(24(15)10(2)11-5-6-11)18(26)23(3)19(27)25(17)14-8-7-12(20)9-13(14)21/h7-11H,4-6H2,1-3H3. The fourth-order valence-corrected chi connectivity index (χ4v) is 4.16. The molecule has 1 saturated carbocycles. The average Bonchev–Trinajstić information content (AvgIpc) is 3.41. The van der Waals surface area contributed by atoms with E-state index in [2.05, 4.69) is 11.9 Å². The van der Waals surface area contributed by atoms with Gasteiger partial charge < -0.3 is 4.57 Å². The van der Waals surface area contributed by atoms with Crippen LogP contribution in [0.15, 0.2) is 27.8 Å². The average molecular weight is 407 g/mol. The lowest BCUT2D eigenvalue weighted by molar-refractivity contribution is 0.479. The second-order valence-electron chi connectivity index (χ2n) is 7.08. The van der Waals surface area contributed by atoms with E-state index in [-0.39, 0.29) is 11.6 Å². The van der Waals surface area contributed by atoms with Crippen LogP contribution in [-0.4, -0.2) is 18.7 Å². The molecule has 0 radical (unpaired) electrons. The van der Waals surface area contributed by atoms with Crippen molar-refractivity contribution in [3.8, 4) is 5.69 Å². The molecule has 27 heavy (non-hydrogen) atoms. The van der Waals surface area contributed by atoms with E-state index in [0.29, 0.717) is 39.2 Å². The van der Waals surface area contributed by atoms with Crippen LogP contribution in [-0.2, 0) is 13.5 Å². The van der Waals surface area contributed by atoms with E-state index >= 15 is 0 Å². The Kier molecular flexibility index (Phi) is 4.43. The number of imidazole rings is 1. The maximum Gasteiger partial charge on any atom is 0.337 e. The van der Waals surface area contributed by atoms with Crippen LogP contribution in [0.1, 0.15) is 38.6 Å². The Morgan fingerprint density at radius 2 is 1.96 bits per heavy atom. The second kappa shape index (κ2) is 6.53. The minimum atomic E-state index is -0.483. The van der Waals surface area contributed by atoms with Crippen LogP contribution in [0, 0.1) is 5.92 Å². The smallest absolute Gasteiger partial charge is 0.319 e. The molecule has 4 rings (SSSR count). The van der Waals surface area contributed by atoms with Crippen molar-refractivity contribution in [3.63, 3.8) is 0 Å². The zero-order valence-electron chi connectivity index (χ0n) is 15.4. The molecule has 2 aromatic heterocycles. The summed E-state index contributed by atoms with van der Waals surface area (Å²) in [6.45, 7) is 4.11.